The number of fused-ring (bicyclic) bond motifs is 1. The fraction of sp³-hybridized carbons (Fsp3) is 0.0714. The maximum atomic E-state index is 11.2. The van der Waals surface area contributed by atoms with E-state index in [4.69, 9.17) is 4.74 Å². The molecule has 0 aliphatic rings. The molecule has 1 heterocycles. The van der Waals surface area contributed by atoms with Gasteiger partial charge in [0.05, 0.1) is 21.4 Å². The molecule has 0 unspecified atom stereocenters. The lowest BCUT2D eigenvalue weighted by atomic mass is 10.3. The number of ether oxygens (including phenoxy) is 1. The molecule has 124 valence electrons. The van der Waals surface area contributed by atoms with Crippen LogP contribution in [0, 0.1) is 10.1 Å². The fourth-order valence-electron chi connectivity index (χ4n) is 1.94. The number of nitrogens with zero attached hydrogens (tertiary/aromatic N) is 2. The van der Waals surface area contributed by atoms with E-state index in [1.165, 1.54) is 35.6 Å². The summed E-state index contributed by atoms with van der Waals surface area (Å²) in [6.45, 7) is 0. The first-order valence-corrected chi connectivity index (χ1v) is 9.32. The molecule has 0 saturated carbocycles. The Morgan fingerprint density at radius 1 is 1.17 bits per heavy atom. The van der Waals surface area contributed by atoms with Gasteiger partial charge < -0.3 is 4.74 Å². The van der Waals surface area contributed by atoms with Crippen LogP contribution >= 0.6 is 11.3 Å². The smallest absolute Gasteiger partial charge is 0.269 e. The van der Waals surface area contributed by atoms with Crippen molar-refractivity contribution in [2.75, 3.05) is 11.0 Å². The molecule has 3 rings (SSSR count). The largest absolute Gasteiger partial charge is 0.457 e. The van der Waals surface area contributed by atoms with Crippen LogP contribution in [0.5, 0.6) is 11.5 Å². The van der Waals surface area contributed by atoms with Crippen LogP contribution in [0.1, 0.15) is 0 Å². The average molecular weight is 365 g/mol. The van der Waals surface area contributed by atoms with Gasteiger partial charge in [-0.3, -0.25) is 14.8 Å². The number of aromatic nitrogens is 1. The Labute approximate surface area is 140 Å². The Bertz CT molecular complexity index is 1010. The second-order valence-corrected chi connectivity index (χ2v) is 7.65. The van der Waals surface area contributed by atoms with Crippen molar-refractivity contribution in [3.8, 4) is 11.5 Å². The van der Waals surface area contributed by atoms with E-state index >= 15 is 0 Å². The Morgan fingerprint density at radius 2 is 1.83 bits per heavy atom. The molecule has 0 amide bonds. The normalized spacial score (nSPS) is 11.4. The third-order valence-electron chi connectivity index (χ3n) is 2.92. The summed E-state index contributed by atoms with van der Waals surface area (Å²) in [5.41, 5.74) is 0.624. The van der Waals surface area contributed by atoms with E-state index in [2.05, 4.69) is 9.71 Å². The Kier molecular flexibility index (Phi) is 4.08. The van der Waals surface area contributed by atoms with Crippen LogP contribution in [-0.2, 0) is 10.0 Å². The number of rotatable bonds is 5. The van der Waals surface area contributed by atoms with Crippen LogP contribution in [-0.4, -0.2) is 24.6 Å². The summed E-state index contributed by atoms with van der Waals surface area (Å²) in [7, 11) is -3.38. The molecule has 0 atom stereocenters. The second kappa shape index (κ2) is 6.06. The number of sulfonamides is 1. The summed E-state index contributed by atoms with van der Waals surface area (Å²) >= 11 is 1.18. The maximum Gasteiger partial charge on any atom is 0.269 e. The number of benzene rings is 2. The molecule has 0 radical (unpaired) electrons. The van der Waals surface area contributed by atoms with E-state index in [0.717, 1.165) is 11.0 Å². The standard InChI is InChI=1S/C14H11N3O5S2/c1-24(20,21)16-14-15-12-7-6-11(8-13(12)23-14)22-10-4-2-9(3-5-10)17(18)19/h2-8H,1H3,(H,15,16). The van der Waals surface area contributed by atoms with Gasteiger partial charge in [0.1, 0.15) is 11.5 Å². The number of hydrogen-bond donors (Lipinski definition) is 1. The predicted octanol–water partition coefficient (Wildman–Crippen LogP) is 3.37. The van der Waals surface area contributed by atoms with Crippen LogP contribution < -0.4 is 9.46 Å². The van der Waals surface area contributed by atoms with Gasteiger partial charge >= 0.3 is 0 Å². The van der Waals surface area contributed by atoms with E-state index in [0.29, 0.717) is 17.0 Å². The van der Waals surface area contributed by atoms with E-state index < -0.39 is 14.9 Å². The molecular weight excluding hydrogens is 354 g/mol. The molecule has 8 nitrogen and oxygen atoms in total. The molecule has 0 fully saturated rings. The summed E-state index contributed by atoms with van der Waals surface area (Å²) < 4.78 is 31.2. The SMILES string of the molecule is CS(=O)(=O)Nc1nc2ccc(Oc3ccc([N+](=O)[O-])cc3)cc2s1. The minimum absolute atomic E-state index is 0.0169. The first kappa shape index (κ1) is 16.1. The molecule has 0 aliphatic heterocycles. The van der Waals surface area contributed by atoms with Gasteiger partial charge in [0.15, 0.2) is 5.13 Å². The van der Waals surface area contributed by atoms with Crippen molar-refractivity contribution in [3.63, 3.8) is 0 Å². The minimum Gasteiger partial charge on any atom is -0.457 e. The van der Waals surface area contributed by atoms with Gasteiger partial charge in [0.2, 0.25) is 10.0 Å². The van der Waals surface area contributed by atoms with Crippen LogP contribution in [0.2, 0.25) is 0 Å². The minimum atomic E-state index is -3.38. The zero-order chi connectivity index (χ0) is 17.3. The van der Waals surface area contributed by atoms with Crippen molar-refractivity contribution >= 4 is 42.4 Å². The van der Waals surface area contributed by atoms with Crippen molar-refractivity contribution in [2.45, 2.75) is 0 Å². The lowest BCUT2D eigenvalue weighted by Gasteiger charge is -2.04. The number of hydrogen-bond acceptors (Lipinski definition) is 7. The highest BCUT2D eigenvalue weighted by Crippen LogP contribution is 2.32. The molecule has 24 heavy (non-hydrogen) atoms. The van der Waals surface area contributed by atoms with Gasteiger partial charge in [0, 0.05) is 18.2 Å². The van der Waals surface area contributed by atoms with Crippen LogP contribution in [0.4, 0.5) is 10.8 Å². The molecule has 0 bridgehead atoms. The molecule has 1 N–H and O–H groups in total. The van der Waals surface area contributed by atoms with Crippen molar-refractivity contribution in [1.29, 1.82) is 0 Å². The predicted molar refractivity (Wildman–Crippen MR) is 91.3 cm³/mol. The summed E-state index contributed by atoms with van der Waals surface area (Å²) in [5, 5.41) is 10.9. The van der Waals surface area contributed by atoms with E-state index in [1.54, 1.807) is 18.2 Å². The summed E-state index contributed by atoms with van der Waals surface area (Å²) in [5.74, 6) is 0.977. The highest BCUT2D eigenvalue weighted by Gasteiger charge is 2.10. The van der Waals surface area contributed by atoms with Gasteiger partial charge in [-0.1, -0.05) is 11.3 Å². The van der Waals surface area contributed by atoms with Crippen LogP contribution in [0.15, 0.2) is 42.5 Å². The Morgan fingerprint density at radius 3 is 2.46 bits per heavy atom. The van der Waals surface area contributed by atoms with Crippen molar-refractivity contribution in [3.05, 3.63) is 52.6 Å². The summed E-state index contributed by atoms with van der Waals surface area (Å²) in [6.07, 6.45) is 1.06. The topological polar surface area (TPSA) is 111 Å². The van der Waals surface area contributed by atoms with Crippen LogP contribution in [0.3, 0.4) is 0 Å². The van der Waals surface area contributed by atoms with Crippen molar-refractivity contribution in [1.82, 2.24) is 4.98 Å². The molecule has 3 aromatic rings. The highest BCUT2D eigenvalue weighted by atomic mass is 32.2. The van der Waals surface area contributed by atoms with E-state index in [-0.39, 0.29) is 10.8 Å². The van der Waals surface area contributed by atoms with E-state index in [1.807, 2.05) is 0 Å². The number of nitro groups is 1. The zero-order valence-electron chi connectivity index (χ0n) is 12.3. The highest BCUT2D eigenvalue weighted by molar-refractivity contribution is 7.92. The number of nitrogens with one attached hydrogen (secondary N) is 1. The van der Waals surface area contributed by atoms with Gasteiger partial charge in [-0.15, -0.1) is 0 Å². The fourth-order valence-corrected chi connectivity index (χ4v) is 3.67. The molecule has 0 aliphatic carbocycles. The molecule has 0 saturated heterocycles. The molecule has 1 aromatic heterocycles. The van der Waals surface area contributed by atoms with Gasteiger partial charge in [-0.05, 0) is 24.3 Å². The lowest BCUT2D eigenvalue weighted by Crippen LogP contribution is -2.08. The average Bonchev–Trinajstić information content (AvgIpc) is 2.87. The molecule has 2 aromatic carbocycles. The third-order valence-corrected chi connectivity index (χ3v) is 4.54. The lowest BCUT2D eigenvalue weighted by molar-refractivity contribution is -0.384. The Balaban J connectivity index is 1.83. The van der Waals surface area contributed by atoms with Crippen molar-refractivity contribution in [2.24, 2.45) is 0 Å². The van der Waals surface area contributed by atoms with Crippen LogP contribution in [0.25, 0.3) is 10.2 Å². The molecular formula is C14H11N3O5S2. The Hall–Kier alpha value is -2.72. The number of non-ortho nitro benzene ring substituents is 1. The first-order valence-electron chi connectivity index (χ1n) is 6.61. The van der Waals surface area contributed by atoms with Gasteiger partial charge in [-0.25, -0.2) is 13.4 Å². The van der Waals surface area contributed by atoms with E-state index in [9.17, 15) is 18.5 Å². The van der Waals surface area contributed by atoms with Gasteiger partial charge in [0.25, 0.3) is 5.69 Å². The monoisotopic (exact) mass is 365 g/mol. The second-order valence-electron chi connectivity index (χ2n) is 4.88. The van der Waals surface area contributed by atoms with Gasteiger partial charge in [-0.2, -0.15) is 0 Å². The summed E-state index contributed by atoms with van der Waals surface area (Å²) in [4.78, 5) is 14.3. The summed E-state index contributed by atoms with van der Waals surface area (Å²) in [6, 6.07) is 10.8. The molecule has 10 heteroatoms. The number of thiazole rings is 1. The maximum absolute atomic E-state index is 11.2. The quantitative estimate of drug-likeness (QED) is 0.548. The third kappa shape index (κ3) is 3.78. The molecule has 0 spiro atoms. The van der Waals surface area contributed by atoms with Crippen molar-refractivity contribution < 1.29 is 18.1 Å². The number of anilines is 1. The number of nitro benzene ring substituents is 1. The zero-order valence-corrected chi connectivity index (χ0v) is 13.9. The first-order chi connectivity index (χ1) is 11.3.